The highest BCUT2D eigenvalue weighted by Crippen LogP contribution is 2.21. The number of alkyl halides is 1. The van der Waals surface area contributed by atoms with Crippen LogP contribution in [0, 0.1) is 0 Å². The molecule has 0 spiro atoms. The van der Waals surface area contributed by atoms with Gasteiger partial charge in [0.2, 0.25) is 0 Å². The second-order valence-electron chi connectivity index (χ2n) is 4.00. The van der Waals surface area contributed by atoms with Crippen molar-refractivity contribution in [3.63, 3.8) is 0 Å². The van der Waals surface area contributed by atoms with Gasteiger partial charge in [-0.25, -0.2) is 0 Å². The minimum atomic E-state index is 0.716. The molecule has 2 heteroatoms. The number of aryl methyl sites for hydroxylation is 1. The third-order valence-corrected chi connectivity index (χ3v) is 3.77. The summed E-state index contributed by atoms with van der Waals surface area (Å²) in [7, 11) is 0. The Morgan fingerprint density at radius 2 is 2.19 bits per heavy atom. The van der Waals surface area contributed by atoms with Crippen LogP contribution in [0.5, 0.6) is 0 Å². The summed E-state index contributed by atoms with van der Waals surface area (Å²) in [6.07, 6.45) is 11.9. The fraction of sp³-hybridized carbons (Fsp3) is 0.571. The van der Waals surface area contributed by atoms with Crippen molar-refractivity contribution in [2.24, 2.45) is 0 Å². The van der Waals surface area contributed by atoms with Gasteiger partial charge in [0.1, 0.15) is 0 Å². The van der Waals surface area contributed by atoms with Crippen molar-refractivity contribution in [3.05, 3.63) is 28.0 Å². The molecule has 0 saturated heterocycles. The van der Waals surface area contributed by atoms with Crippen LogP contribution in [0.2, 0.25) is 0 Å². The van der Waals surface area contributed by atoms with Crippen LogP contribution in [0.15, 0.2) is 17.5 Å². The van der Waals surface area contributed by atoms with Crippen molar-refractivity contribution in [3.8, 4) is 0 Å². The lowest BCUT2D eigenvalue weighted by molar-refractivity contribution is 0.667. The summed E-state index contributed by atoms with van der Waals surface area (Å²) in [4.78, 5) is 1.42. The van der Waals surface area contributed by atoms with Crippen molar-refractivity contribution in [1.82, 2.24) is 0 Å². The quantitative estimate of drug-likeness (QED) is 0.425. The maximum atomic E-state index is 5.65. The Hall–Kier alpha value is -0.270. The summed E-state index contributed by atoms with van der Waals surface area (Å²) in [6, 6.07) is 2.26. The lowest BCUT2D eigenvalue weighted by Gasteiger charge is -2.00. The second-order valence-corrected chi connectivity index (χ2v) is 5.33. The van der Waals surface area contributed by atoms with Crippen molar-refractivity contribution >= 4 is 29.0 Å². The molecule has 90 valence electrons. The molecule has 0 atom stereocenters. The Balaban J connectivity index is 2.38. The van der Waals surface area contributed by atoms with Gasteiger partial charge in [0.05, 0.1) is 0 Å². The molecule has 1 aromatic rings. The number of thiophene rings is 1. The Morgan fingerprint density at radius 1 is 1.31 bits per heavy atom. The maximum absolute atomic E-state index is 5.65. The SMILES string of the molecule is CCCCCCc1ccsc1C=CCCCl. The molecular formula is C14H21ClS. The molecule has 0 nitrogen and oxygen atoms in total. The standard InChI is InChI=1S/C14H21ClS/c1-2-3-4-5-8-13-10-12-16-14(13)9-6-7-11-15/h6,9-10,12H,2-5,7-8,11H2,1H3. The van der Waals surface area contributed by atoms with E-state index in [0.29, 0.717) is 5.88 Å². The van der Waals surface area contributed by atoms with Gasteiger partial charge < -0.3 is 0 Å². The minimum absolute atomic E-state index is 0.716. The van der Waals surface area contributed by atoms with Crippen LogP contribution < -0.4 is 0 Å². The van der Waals surface area contributed by atoms with E-state index in [0.717, 1.165) is 6.42 Å². The molecule has 1 aromatic heterocycles. The third-order valence-electron chi connectivity index (χ3n) is 2.63. The molecule has 0 unspecified atom stereocenters. The number of allylic oxidation sites excluding steroid dienone is 1. The molecule has 16 heavy (non-hydrogen) atoms. The first kappa shape index (κ1) is 13.8. The van der Waals surface area contributed by atoms with Crippen molar-refractivity contribution < 1.29 is 0 Å². The zero-order chi connectivity index (χ0) is 11.6. The lowest BCUT2D eigenvalue weighted by Crippen LogP contribution is -1.85. The molecule has 1 heterocycles. The maximum Gasteiger partial charge on any atom is 0.0299 e. The van der Waals surface area contributed by atoms with E-state index in [-0.39, 0.29) is 0 Å². The number of halogens is 1. The van der Waals surface area contributed by atoms with Crippen LogP contribution in [0.1, 0.15) is 49.5 Å². The van der Waals surface area contributed by atoms with E-state index in [9.17, 15) is 0 Å². The molecule has 0 aliphatic carbocycles. The highest BCUT2D eigenvalue weighted by Gasteiger charge is 2.00. The monoisotopic (exact) mass is 256 g/mol. The van der Waals surface area contributed by atoms with Crippen molar-refractivity contribution in [1.29, 1.82) is 0 Å². The first-order valence-electron chi connectivity index (χ1n) is 6.17. The molecule has 0 amide bonds. The molecule has 0 radical (unpaired) electrons. The van der Waals surface area contributed by atoms with Crippen LogP contribution in [0.25, 0.3) is 6.08 Å². The number of rotatable bonds is 8. The summed E-state index contributed by atoms with van der Waals surface area (Å²) >= 11 is 7.49. The van der Waals surface area contributed by atoms with Gasteiger partial charge in [-0.3, -0.25) is 0 Å². The summed E-state index contributed by atoms with van der Waals surface area (Å²) in [5.41, 5.74) is 1.51. The summed E-state index contributed by atoms with van der Waals surface area (Å²) < 4.78 is 0. The highest BCUT2D eigenvalue weighted by molar-refractivity contribution is 7.11. The van der Waals surface area contributed by atoms with Gasteiger partial charge in [0.25, 0.3) is 0 Å². The molecule has 0 fully saturated rings. The second kappa shape index (κ2) is 8.83. The first-order chi connectivity index (χ1) is 7.88. The van der Waals surface area contributed by atoms with Gasteiger partial charge in [-0.05, 0) is 42.3 Å². The normalized spacial score (nSPS) is 11.4. The van der Waals surface area contributed by atoms with Crippen LogP contribution in [-0.2, 0) is 6.42 Å². The van der Waals surface area contributed by atoms with Crippen LogP contribution in [0.3, 0.4) is 0 Å². The van der Waals surface area contributed by atoms with Crippen molar-refractivity contribution in [2.75, 3.05) is 5.88 Å². The van der Waals surface area contributed by atoms with E-state index in [4.69, 9.17) is 11.6 Å². The van der Waals surface area contributed by atoms with Crippen LogP contribution in [0.4, 0.5) is 0 Å². The number of hydrogen-bond acceptors (Lipinski definition) is 1. The Kier molecular flexibility index (Phi) is 7.62. The van der Waals surface area contributed by atoms with Gasteiger partial charge in [0.15, 0.2) is 0 Å². The molecule has 1 rings (SSSR count). The molecule has 0 N–H and O–H groups in total. The Morgan fingerprint density at radius 3 is 2.94 bits per heavy atom. The smallest absolute Gasteiger partial charge is 0.0299 e. The fourth-order valence-electron chi connectivity index (χ4n) is 1.70. The molecule has 0 aromatic carbocycles. The minimum Gasteiger partial charge on any atom is -0.144 e. The molecule has 0 aliphatic rings. The zero-order valence-corrected chi connectivity index (χ0v) is 11.6. The summed E-state index contributed by atoms with van der Waals surface area (Å²) in [5, 5.41) is 2.19. The highest BCUT2D eigenvalue weighted by atomic mass is 35.5. The van der Waals surface area contributed by atoms with E-state index in [1.165, 1.54) is 42.5 Å². The Bertz CT molecular complexity index is 301. The van der Waals surface area contributed by atoms with E-state index >= 15 is 0 Å². The van der Waals surface area contributed by atoms with Crippen LogP contribution >= 0.6 is 22.9 Å². The Labute approximate surface area is 108 Å². The predicted molar refractivity (Wildman–Crippen MR) is 76.5 cm³/mol. The average Bonchev–Trinajstić information content (AvgIpc) is 2.73. The molecule has 0 aliphatic heterocycles. The zero-order valence-electron chi connectivity index (χ0n) is 10.0. The summed E-state index contributed by atoms with van der Waals surface area (Å²) in [6.45, 7) is 2.25. The lowest BCUT2D eigenvalue weighted by atomic mass is 10.1. The van der Waals surface area contributed by atoms with Gasteiger partial charge in [-0.2, -0.15) is 0 Å². The molecule has 0 bridgehead atoms. The van der Waals surface area contributed by atoms with Crippen LogP contribution in [-0.4, -0.2) is 5.88 Å². The average molecular weight is 257 g/mol. The summed E-state index contributed by atoms with van der Waals surface area (Å²) in [5.74, 6) is 0.716. The van der Waals surface area contributed by atoms with Crippen molar-refractivity contribution in [2.45, 2.75) is 45.4 Å². The number of hydrogen-bond donors (Lipinski definition) is 0. The topological polar surface area (TPSA) is 0 Å². The van der Waals surface area contributed by atoms with E-state index in [1.807, 2.05) is 11.3 Å². The van der Waals surface area contributed by atoms with E-state index in [2.05, 4.69) is 30.5 Å². The third kappa shape index (κ3) is 5.18. The van der Waals surface area contributed by atoms with Gasteiger partial charge >= 0.3 is 0 Å². The first-order valence-corrected chi connectivity index (χ1v) is 7.58. The molecular weight excluding hydrogens is 236 g/mol. The van der Waals surface area contributed by atoms with E-state index < -0.39 is 0 Å². The molecule has 0 saturated carbocycles. The fourth-order valence-corrected chi connectivity index (χ4v) is 2.70. The van der Waals surface area contributed by atoms with Gasteiger partial charge in [-0.15, -0.1) is 22.9 Å². The van der Waals surface area contributed by atoms with Gasteiger partial charge in [-0.1, -0.05) is 32.3 Å². The predicted octanol–water partition coefficient (Wildman–Crippen LogP) is 5.51. The van der Waals surface area contributed by atoms with Gasteiger partial charge in [0, 0.05) is 10.8 Å². The number of unbranched alkanes of at least 4 members (excludes halogenated alkanes) is 3. The van der Waals surface area contributed by atoms with E-state index in [1.54, 1.807) is 0 Å². The largest absolute Gasteiger partial charge is 0.144 e.